The molecule has 19 heteroatoms. The monoisotopic (exact) mass is 632 g/mol. The first kappa shape index (κ1) is 35.1. The number of benzene rings is 2. The highest BCUT2D eigenvalue weighted by atomic mass is 32.2. The van der Waals surface area contributed by atoms with E-state index in [1.807, 2.05) is 0 Å². The Hall–Kier alpha value is -3.97. The van der Waals surface area contributed by atoms with Gasteiger partial charge in [0.25, 0.3) is 0 Å². The molecule has 0 atom stereocenters. The van der Waals surface area contributed by atoms with E-state index in [0.29, 0.717) is 30.4 Å². The van der Waals surface area contributed by atoms with Crippen LogP contribution < -0.4 is 0 Å². The van der Waals surface area contributed by atoms with Gasteiger partial charge in [0.1, 0.15) is 17.9 Å². The van der Waals surface area contributed by atoms with E-state index in [0.717, 1.165) is 13.0 Å². The van der Waals surface area contributed by atoms with Crippen LogP contribution in [0.5, 0.6) is 0 Å². The number of halogens is 7. The van der Waals surface area contributed by atoms with Crippen LogP contribution in [0.4, 0.5) is 30.7 Å². The van der Waals surface area contributed by atoms with Crippen LogP contribution in [-0.4, -0.2) is 51.4 Å². The highest BCUT2D eigenvalue weighted by Gasteiger charge is 2.50. The van der Waals surface area contributed by atoms with Crippen molar-refractivity contribution in [1.82, 2.24) is 0 Å². The SMILES string of the molecule is CCCCS(=O)(=O)ON=C(C)C(F)(F)C#N.N#CC(F)(F)C(=NOS(=O)(=O)C(F)(F)F)c1cccc2ccccc12. The third-order valence-corrected chi connectivity index (χ3v) is 6.55. The molecule has 0 fully saturated rings. The maximum atomic E-state index is 13.9. The van der Waals surface area contributed by atoms with E-state index in [4.69, 9.17) is 10.5 Å². The molecule has 224 valence electrons. The van der Waals surface area contributed by atoms with Crippen LogP contribution in [0, 0.1) is 22.7 Å². The summed E-state index contributed by atoms with van der Waals surface area (Å²) in [5, 5.41) is 22.4. The molecule has 0 spiro atoms. The molecule has 0 N–H and O–H groups in total. The fraction of sp³-hybridized carbons (Fsp3) is 0.364. The van der Waals surface area contributed by atoms with E-state index >= 15 is 0 Å². The summed E-state index contributed by atoms with van der Waals surface area (Å²) in [6.07, 6.45) is 0.977. The Morgan fingerprint density at radius 2 is 1.41 bits per heavy atom. The molecule has 0 radical (unpaired) electrons. The van der Waals surface area contributed by atoms with Gasteiger partial charge in [-0.1, -0.05) is 66.1 Å². The average molecular weight is 633 g/mol. The minimum atomic E-state index is -6.25. The van der Waals surface area contributed by atoms with Crippen LogP contribution in [0.15, 0.2) is 52.8 Å². The molecule has 0 saturated carbocycles. The van der Waals surface area contributed by atoms with Crippen molar-refractivity contribution in [2.45, 2.75) is 44.0 Å². The summed E-state index contributed by atoms with van der Waals surface area (Å²) in [6, 6.07) is 11.0. The summed E-state index contributed by atoms with van der Waals surface area (Å²) in [5.41, 5.74) is -8.85. The number of alkyl halides is 7. The minimum Gasteiger partial charge on any atom is -0.268 e. The van der Waals surface area contributed by atoms with Crippen molar-refractivity contribution in [1.29, 1.82) is 10.5 Å². The first-order valence-electron chi connectivity index (χ1n) is 10.9. The fourth-order valence-corrected chi connectivity index (χ4v) is 3.70. The van der Waals surface area contributed by atoms with Crippen molar-refractivity contribution < 1.29 is 56.1 Å². The highest BCUT2D eigenvalue weighted by Crippen LogP contribution is 2.29. The van der Waals surface area contributed by atoms with Gasteiger partial charge in [0.15, 0.2) is 5.71 Å². The number of nitrogens with zero attached hydrogens (tertiary/aromatic N) is 4. The molecule has 0 aromatic heterocycles. The van der Waals surface area contributed by atoms with Crippen molar-refractivity contribution in [3.05, 3.63) is 48.0 Å². The predicted octanol–water partition coefficient (Wildman–Crippen LogP) is 5.24. The number of fused-ring (bicyclic) bond motifs is 1. The van der Waals surface area contributed by atoms with Gasteiger partial charge in [-0.3, -0.25) is 8.57 Å². The van der Waals surface area contributed by atoms with Crippen LogP contribution in [-0.2, 0) is 28.8 Å². The zero-order valence-electron chi connectivity index (χ0n) is 20.9. The molecule has 2 aromatic rings. The molecule has 0 aliphatic carbocycles. The lowest BCUT2D eigenvalue weighted by atomic mass is 9.98. The molecule has 0 aliphatic rings. The zero-order chi connectivity index (χ0) is 31.7. The quantitative estimate of drug-likeness (QED) is 0.149. The van der Waals surface area contributed by atoms with E-state index in [1.54, 1.807) is 13.0 Å². The summed E-state index contributed by atoms with van der Waals surface area (Å²) in [6.45, 7) is 2.59. The third kappa shape index (κ3) is 9.87. The van der Waals surface area contributed by atoms with Gasteiger partial charge in [-0.2, -0.15) is 58.1 Å². The van der Waals surface area contributed by atoms with Crippen LogP contribution in [0.2, 0.25) is 0 Å². The van der Waals surface area contributed by atoms with Crippen molar-refractivity contribution in [3.8, 4) is 12.1 Å². The normalized spacial score (nSPS) is 13.4. The molecule has 10 nitrogen and oxygen atoms in total. The van der Waals surface area contributed by atoms with Crippen molar-refractivity contribution in [2.75, 3.05) is 5.75 Å². The third-order valence-electron chi connectivity index (χ3n) is 4.62. The van der Waals surface area contributed by atoms with Crippen LogP contribution in [0.1, 0.15) is 32.3 Å². The number of unbranched alkanes of at least 4 members (excludes halogenated alkanes) is 1. The Bertz CT molecular complexity index is 1590. The lowest BCUT2D eigenvalue weighted by Gasteiger charge is -2.14. The molecular weight excluding hydrogens is 613 g/mol. The number of rotatable bonds is 10. The molecule has 0 bridgehead atoms. The molecule has 2 aromatic carbocycles. The van der Waals surface area contributed by atoms with Gasteiger partial charge in [-0.25, -0.2) is 0 Å². The summed E-state index contributed by atoms with van der Waals surface area (Å²) in [5.74, 6) is -8.51. The minimum absolute atomic E-state index is 0.117. The number of nitriles is 2. The summed E-state index contributed by atoms with van der Waals surface area (Å²) in [7, 11) is -10.2. The van der Waals surface area contributed by atoms with Gasteiger partial charge in [0.2, 0.25) is 0 Å². The van der Waals surface area contributed by atoms with Crippen LogP contribution in [0.3, 0.4) is 0 Å². The standard InChI is InChI=1S/C14H7F5N2O3S.C8H12F2N2O3S/c15-13(16,8-20)12(21-24-25(22,23)14(17,18)19)11-7-3-5-9-4-1-2-6-10(9)11;1-3-4-5-16(13,14)15-12-7(2)8(9,10)6-11/h1-7H;3-5H2,1-2H3. The van der Waals surface area contributed by atoms with Gasteiger partial charge in [-0.05, 0) is 24.1 Å². The summed E-state index contributed by atoms with van der Waals surface area (Å²) < 4.78 is 141. The molecule has 0 heterocycles. The van der Waals surface area contributed by atoms with Crippen molar-refractivity contribution in [3.63, 3.8) is 0 Å². The smallest absolute Gasteiger partial charge is 0.268 e. The van der Waals surface area contributed by atoms with E-state index in [1.165, 1.54) is 30.3 Å². The van der Waals surface area contributed by atoms with Gasteiger partial charge < -0.3 is 0 Å². The van der Waals surface area contributed by atoms with Crippen LogP contribution in [0.25, 0.3) is 10.8 Å². The average Bonchev–Trinajstić information content (AvgIpc) is 2.90. The molecule has 0 saturated heterocycles. The van der Waals surface area contributed by atoms with Gasteiger partial charge >= 0.3 is 37.6 Å². The molecule has 41 heavy (non-hydrogen) atoms. The second-order valence-electron chi connectivity index (χ2n) is 7.68. The number of hydrogen-bond acceptors (Lipinski definition) is 10. The number of hydrogen-bond donors (Lipinski definition) is 0. The van der Waals surface area contributed by atoms with Gasteiger partial charge in [0, 0.05) is 5.56 Å². The first-order valence-corrected chi connectivity index (χ1v) is 13.8. The molecular formula is C22H19F7N4O6S2. The molecule has 0 unspecified atom stereocenters. The molecule has 0 aliphatic heterocycles. The highest BCUT2D eigenvalue weighted by molar-refractivity contribution is 7.87. The Morgan fingerprint density at radius 1 is 0.854 bits per heavy atom. The molecule has 2 rings (SSSR count). The van der Waals surface area contributed by atoms with E-state index in [-0.39, 0.29) is 11.1 Å². The molecule has 0 amide bonds. The van der Waals surface area contributed by atoms with Crippen molar-refractivity contribution >= 4 is 42.4 Å². The predicted molar refractivity (Wildman–Crippen MR) is 131 cm³/mol. The maximum absolute atomic E-state index is 13.9. The zero-order valence-corrected chi connectivity index (χ0v) is 22.5. The first-order chi connectivity index (χ1) is 18.7. The summed E-state index contributed by atoms with van der Waals surface area (Å²) >= 11 is 0. The van der Waals surface area contributed by atoms with E-state index in [2.05, 4.69) is 18.9 Å². The largest absolute Gasteiger partial charge is 0.536 e. The van der Waals surface area contributed by atoms with Gasteiger partial charge in [-0.15, -0.1) is 0 Å². The second-order valence-corrected chi connectivity index (χ2v) is 10.9. The fourth-order valence-electron chi connectivity index (χ4n) is 2.50. The van der Waals surface area contributed by atoms with E-state index < -0.39 is 54.6 Å². The summed E-state index contributed by atoms with van der Waals surface area (Å²) in [4.78, 5) is 0. The van der Waals surface area contributed by atoms with Crippen molar-refractivity contribution in [2.24, 2.45) is 10.3 Å². The number of oxime groups is 2. The van der Waals surface area contributed by atoms with Gasteiger partial charge in [0.05, 0.1) is 5.75 Å². The van der Waals surface area contributed by atoms with E-state index in [9.17, 15) is 47.6 Å². The Kier molecular flexibility index (Phi) is 11.6. The topological polar surface area (TPSA) is 159 Å². The Morgan fingerprint density at radius 3 is 1.95 bits per heavy atom. The Balaban J connectivity index is 0.000000456. The Labute approximate surface area is 229 Å². The lowest BCUT2D eigenvalue weighted by molar-refractivity contribution is -0.0542. The maximum Gasteiger partial charge on any atom is 0.536 e. The lowest BCUT2D eigenvalue weighted by Crippen LogP contribution is -2.30. The van der Waals surface area contributed by atoms with Crippen LogP contribution >= 0.6 is 0 Å². The second kappa shape index (κ2) is 13.6.